The molecule has 0 spiro atoms. The van der Waals surface area contributed by atoms with Crippen molar-refractivity contribution in [2.24, 2.45) is 22.9 Å². The highest BCUT2D eigenvalue weighted by molar-refractivity contribution is 5.96. The number of aliphatic carboxylic acids is 2. The maximum Gasteiger partial charge on any atom is 0.326 e. The van der Waals surface area contributed by atoms with E-state index in [1.54, 1.807) is 0 Å². The molecule has 0 fully saturated rings. The van der Waals surface area contributed by atoms with E-state index < -0.39 is 84.9 Å². The van der Waals surface area contributed by atoms with Crippen LogP contribution in [0.1, 0.15) is 38.5 Å². The molecule has 4 atom stereocenters. The summed E-state index contributed by atoms with van der Waals surface area (Å²) in [7, 11) is 0. The molecule has 0 bridgehead atoms. The molecule has 0 heterocycles. The Morgan fingerprint density at radius 1 is 0.676 bits per heavy atom. The minimum absolute atomic E-state index is 0.0212. The summed E-state index contributed by atoms with van der Waals surface area (Å²) < 4.78 is 0. The fraction of sp³-hybridized carbons (Fsp3) is 0.611. The molecule has 0 aromatic carbocycles. The molecule has 4 unspecified atom stereocenters. The van der Waals surface area contributed by atoms with E-state index in [-0.39, 0.29) is 13.0 Å². The fourth-order valence-electron chi connectivity index (χ4n) is 2.68. The van der Waals surface area contributed by atoms with Crippen LogP contribution in [0.25, 0.3) is 0 Å². The lowest BCUT2D eigenvalue weighted by Gasteiger charge is -2.24. The Morgan fingerprint density at radius 2 is 1.18 bits per heavy atom. The number of primary amides is 2. The van der Waals surface area contributed by atoms with E-state index >= 15 is 0 Å². The maximum atomic E-state index is 12.7. The van der Waals surface area contributed by atoms with E-state index in [2.05, 4.69) is 16.0 Å². The molecule has 0 saturated heterocycles. The van der Waals surface area contributed by atoms with Gasteiger partial charge >= 0.3 is 11.9 Å². The molecule has 16 nitrogen and oxygen atoms in total. The minimum Gasteiger partial charge on any atom is -0.481 e. The Kier molecular flexibility index (Phi) is 13.4. The van der Waals surface area contributed by atoms with Crippen molar-refractivity contribution in [3.05, 3.63) is 0 Å². The lowest BCUT2D eigenvalue weighted by molar-refractivity contribution is -0.144. The van der Waals surface area contributed by atoms with Gasteiger partial charge in [-0.3, -0.25) is 28.8 Å². The van der Waals surface area contributed by atoms with E-state index in [9.17, 15) is 33.6 Å². The van der Waals surface area contributed by atoms with Gasteiger partial charge in [-0.25, -0.2) is 4.79 Å². The summed E-state index contributed by atoms with van der Waals surface area (Å²) in [4.78, 5) is 81.8. The van der Waals surface area contributed by atoms with Gasteiger partial charge in [0.25, 0.3) is 0 Å². The quantitative estimate of drug-likeness (QED) is 0.0873. The fourth-order valence-corrected chi connectivity index (χ4v) is 2.68. The van der Waals surface area contributed by atoms with Gasteiger partial charge in [-0.1, -0.05) is 0 Å². The van der Waals surface area contributed by atoms with Crippen LogP contribution < -0.4 is 38.9 Å². The highest BCUT2D eigenvalue weighted by Crippen LogP contribution is 2.05. The number of carboxylic acids is 2. The third-order valence-corrected chi connectivity index (χ3v) is 4.37. The van der Waals surface area contributed by atoms with Crippen LogP contribution in [-0.2, 0) is 33.6 Å². The van der Waals surface area contributed by atoms with Crippen molar-refractivity contribution in [3.8, 4) is 0 Å². The normalized spacial score (nSPS) is 14.1. The van der Waals surface area contributed by atoms with Crippen LogP contribution in [-0.4, -0.2) is 82.4 Å². The van der Waals surface area contributed by atoms with Crippen molar-refractivity contribution < 1.29 is 43.8 Å². The summed E-state index contributed by atoms with van der Waals surface area (Å²) in [6, 6.07) is -6.16. The van der Waals surface area contributed by atoms with Gasteiger partial charge in [-0.2, -0.15) is 0 Å². The number of carbonyl (C=O) groups excluding carboxylic acids is 5. The number of nitrogens with two attached hydrogens (primary N) is 4. The average Bonchev–Trinajstić information content (AvgIpc) is 2.70. The van der Waals surface area contributed by atoms with Crippen molar-refractivity contribution in [1.82, 2.24) is 16.0 Å². The smallest absolute Gasteiger partial charge is 0.326 e. The van der Waals surface area contributed by atoms with Crippen molar-refractivity contribution >= 4 is 41.5 Å². The van der Waals surface area contributed by atoms with E-state index in [0.717, 1.165) is 0 Å². The first-order valence-electron chi connectivity index (χ1n) is 10.2. The van der Waals surface area contributed by atoms with E-state index in [1.807, 2.05) is 0 Å². The third kappa shape index (κ3) is 12.3. The number of rotatable bonds is 17. The molecule has 34 heavy (non-hydrogen) atoms. The molecular weight excluding hydrogens is 458 g/mol. The number of carboxylic acid groups (broad SMARTS) is 2. The van der Waals surface area contributed by atoms with Crippen LogP contribution in [0.2, 0.25) is 0 Å². The first-order chi connectivity index (χ1) is 15.8. The summed E-state index contributed by atoms with van der Waals surface area (Å²) in [5.41, 5.74) is 20.8. The van der Waals surface area contributed by atoms with Crippen LogP contribution in [0.3, 0.4) is 0 Å². The first-order valence-corrected chi connectivity index (χ1v) is 10.2. The largest absolute Gasteiger partial charge is 0.481 e. The second-order valence-electron chi connectivity index (χ2n) is 7.35. The second-order valence-corrected chi connectivity index (χ2v) is 7.35. The molecule has 0 aliphatic rings. The lowest BCUT2D eigenvalue weighted by atomic mass is 10.1. The van der Waals surface area contributed by atoms with Gasteiger partial charge in [0.05, 0.1) is 25.3 Å². The van der Waals surface area contributed by atoms with Gasteiger partial charge in [0, 0.05) is 0 Å². The van der Waals surface area contributed by atoms with Crippen molar-refractivity contribution in [2.75, 3.05) is 6.54 Å². The number of carbonyl (C=O) groups is 7. The molecule has 0 aliphatic heterocycles. The summed E-state index contributed by atoms with van der Waals surface area (Å²) in [6.45, 7) is 0.261. The highest BCUT2D eigenvalue weighted by atomic mass is 16.4. The van der Waals surface area contributed by atoms with Gasteiger partial charge < -0.3 is 49.1 Å². The van der Waals surface area contributed by atoms with Crippen LogP contribution in [0.4, 0.5) is 0 Å². The van der Waals surface area contributed by atoms with Gasteiger partial charge in [0.15, 0.2) is 0 Å². The van der Waals surface area contributed by atoms with Crippen LogP contribution in [0, 0.1) is 0 Å². The van der Waals surface area contributed by atoms with Crippen molar-refractivity contribution in [2.45, 2.75) is 62.7 Å². The van der Waals surface area contributed by atoms with Crippen molar-refractivity contribution in [3.63, 3.8) is 0 Å². The van der Waals surface area contributed by atoms with E-state index in [1.165, 1.54) is 0 Å². The predicted octanol–water partition coefficient (Wildman–Crippen LogP) is -4.79. The Bertz CT molecular complexity index is 790. The summed E-state index contributed by atoms with van der Waals surface area (Å²) in [5.74, 6) is -8.01. The third-order valence-electron chi connectivity index (χ3n) is 4.37. The molecule has 13 N–H and O–H groups in total. The average molecular weight is 489 g/mol. The molecule has 0 rings (SSSR count). The maximum absolute atomic E-state index is 12.7. The number of hydrogen-bond acceptors (Lipinski definition) is 9. The zero-order valence-corrected chi connectivity index (χ0v) is 18.3. The highest BCUT2D eigenvalue weighted by Gasteiger charge is 2.31. The van der Waals surface area contributed by atoms with Crippen molar-refractivity contribution in [1.29, 1.82) is 0 Å². The molecule has 0 radical (unpaired) electrons. The molecule has 0 saturated carbocycles. The topological polar surface area (TPSA) is 300 Å². The standard InChI is InChI=1S/C18H31N7O9/c19-4-2-1-3-9(16(31)25-11(18(33)34)6-13(22)27)23-17(32)10(7-14(28)29)24-15(30)8(20)5-12(21)26/h8-11H,1-7,19-20H2,(H2,21,26)(H2,22,27)(H,23,32)(H,24,30)(H,25,31)(H,28,29)(H,33,34). The molecular formula is C18H31N7O9. The SMILES string of the molecule is NCCCCC(NC(=O)C(CC(=O)O)NC(=O)C(N)CC(N)=O)C(=O)NC(CC(N)=O)C(=O)O. The van der Waals surface area contributed by atoms with Crippen LogP contribution in [0.5, 0.6) is 0 Å². The molecule has 192 valence electrons. The Morgan fingerprint density at radius 3 is 1.65 bits per heavy atom. The predicted molar refractivity (Wildman–Crippen MR) is 114 cm³/mol. The van der Waals surface area contributed by atoms with Gasteiger partial charge in [0.1, 0.15) is 18.1 Å². The van der Waals surface area contributed by atoms with Gasteiger partial charge in [0.2, 0.25) is 29.5 Å². The van der Waals surface area contributed by atoms with Gasteiger partial charge in [-0.15, -0.1) is 0 Å². The molecule has 0 aliphatic carbocycles. The van der Waals surface area contributed by atoms with Crippen LogP contribution in [0.15, 0.2) is 0 Å². The Hall–Kier alpha value is -3.79. The first kappa shape index (κ1) is 30.2. The summed E-state index contributed by atoms with van der Waals surface area (Å²) in [6.07, 6.45) is -1.42. The van der Waals surface area contributed by atoms with Crippen LogP contribution >= 0.6 is 0 Å². The molecule has 0 aromatic heterocycles. The molecule has 5 amide bonds. The number of nitrogens with one attached hydrogen (secondary N) is 3. The lowest BCUT2D eigenvalue weighted by Crippen LogP contribution is -2.57. The second kappa shape index (κ2) is 15.1. The Balaban J connectivity index is 5.56. The summed E-state index contributed by atoms with van der Waals surface area (Å²) in [5, 5.41) is 24.6. The minimum atomic E-state index is -1.69. The zero-order valence-electron chi connectivity index (χ0n) is 18.3. The number of amides is 5. The molecule has 16 heteroatoms. The van der Waals surface area contributed by atoms with E-state index in [4.69, 9.17) is 33.1 Å². The Labute approximate surface area is 194 Å². The number of hydrogen-bond donors (Lipinski definition) is 9. The number of unbranched alkanes of at least 4 members (excludes halogenated alkanes) is 1. The molecule has 0 aromatic rings. The van der Waals surface area contributed by atoms with E-state index in [0.29, 0.717) is 12.8 Å². The zero-order chi connectivity index (χ0) is 26.4. The monoisotopic (exact) mass is 489 g/mol. The summed E-state index contributed by atoms with van der Waals surface area (Å²) >= 11 is 0. The van der Waals surface area contributed by atoms with Gasteiger partial charge in [-0.05, 0) is 25.8 Å².